The largest absolute Gasteiger partial charge is 0.345 e. The SMILES string of the molecule is CN(C)C(=O)c1cc(C2CCNCC2)ccc1F.Cl. The van der Waals surface area contributed by atoms with Crippen molar-refractivity contribution in [1.82, 2.24) is 10.2 Å². The lowest BCUT2D eigenvalue weighted by atomic mass is 9.89. The van der Waals surface area contributed by atoms with E-state index in [4.69, 9.17) is 0 Å². The number of benzene rings is 1. The maximum atomic E-state index is 13.7. The topological polar surface area (TPSA) is 32.3 Å². The Hall–Kier alpha value is -1.13. The number of amides is 1. The minimum absolute atomic E-state index is 0. The second kappa shape index (κ2) is 6.87. The number of nitrogens with one attached hydrogen (secondary N) is 1. The summed E-state index contributed by atoms with van der Waals surface area (Å²) in [6.45, 7) is 1.97. The van der Waals surface area contributed by atoms with Gasteiger partial charge in [-0.05, 0) is 49.5 Å². The number of carbonyl (C=O) groups is 1. The van der Waals surface area contributed by atoms with Gasteiger partial charge >= 0.3 is 0 Å². The van der Waals surface area contributed by atoms with Crippen LogP contribution in [0.3, 0.4) is 0 Å². The van der Waals surface area contributed by atoms with Crippen molar-refractivity contribution >= 4 is 18.3 Å². The fraction of sp³-hybridized carbons (Fsp3) is 0.500. The summed E-state index contributed by atoms with van der Waals surface area (Å²) >= 11 is 0. The molecule has 0 bridgehead atoms. The summed E-state index contributed by atoms with van der Waals surface area (Å²) in [7, 11) is 3.28. The van der Waals surface area contributed by atoms with E-state index in [0.717, 1.165) is 31.5 Å². The molecular weight excluding hydrogens is 267 g/mol. The monoisotopic (exact) mass is 286 g/mol. The molecule has 19 heavy (non-hydrogen) atoms. The first-order valence-electron chi connectivity index (χ1n) is 6.31. The Morgan fingerprint density at radius 3 is 2.53 bits per heavy atom. The third kappa shape index (κ3) is 3.67. The van der Waals surface area contributed by atoms with Crippen molar-refractivity contribution in [2.24, 2.45) is 0 Å². The van der Waals surface area contributed by atoms with Gasteiger partial charge in [-0.2, -0.15) is 0 Å². The maximum absolute atomic E-state index is 13.7. The highest BCUT2D eigenvalue weighted by molar-refractivity contribution is 5.94. The average molecular weight is 287 g/mol. The van der Waals surface area contributed by atoms with Crippen LogP contribution < -0.4 is 5.32 Å². The molecule has 5 heteroatoms. The van der Waals surface area contributed by atoms with Crippen LogP contribution in [0.4, 0.5) is 4.39 Å². The fourth-order valence-corrected chi connectivity index (χ4v) is 2.36. The van der Waals surface area contributed by atoms with Gasteiger partial charge in [0.1, 0.15) is 5.82 Å². The standard InChI is InChI=1S/C14H19FN2O.ClH/c1-17(2)14(18)12-9-11(3-4-13(12)15)10-5-7-16-8-6-10;/h3-4,9-10,16H,5-8H2,1-2H3;1H. The Morgan fingerprint density at radius 1 is 1.32 bits per heavy atom. The molecule has 106 valence electrons. The molecule has 1 aliphatic rings. The summed E-state index contributed by atoms with van der Waals surface area (Å²) in [6.07, 6.45) is 2.09. The summed E-state index contributed by atoms with van der Waals surface area (Å²) in [6, 6.07) is 4.93. The third-order valence-electron chi connectivity index (χ3n) is 3.44. The molecule has 2 rings (SSSR count). The second-order valence-electron chi connectivity index (χ2n) is 4.96. The molecular formula is C14H20ClFN2O. The lowest BCUT2D eigenvalue weighted by Gasteiger charge is -2.23. The highest BCUT2D eigenvalue weighted by atomic mass is 35.5. The van der Waals surface area contributed by atoms with Gasteiger partial charge in [0.15, 0.2) is 0 Å². The number of hydrogen-bond acceptors (Lipinski definition) is 2. The van der Waals surface area contributed by atoms with Crippen molar-refractivity contribution in [2.45, 2.75) is 18.8 Å². The Kier molecular flexibility index (Phi) is 5.76. The number of nitrogens with zero attached hydrogens (tertiary/aromatic N) is 1. The van der Waals surface area contributed by atoms with Gasteiger partial charge in [0.25, 0.3) is 5.91 Å². The summed E-state index contributed by atoms with van der Waals surface area (Å²) in [5.41, 5.74) is 1.25. The van der Waals surface area contributed by atoms with E-state index in [-0.39, 0.29) is 23.9 Å². The van der Waals surface area contributed by atoms with Crippen LogP contribution in [-0.2, 0) is 0 Å². The van der Waals surface area contributed by atoms with E-state index in [0.29, 0.717) is 5.92 Å². The van der Waals surface area contributed by atoms with E-state index in [1.807, 2.05) is 0 Å². The number of piperidine rings is 1. The predicted molar refractivity (Wildman–Crippen MR) is 76.5 cm³/mol. The molecule has 1 N–H and O–H groups in total. The molecule has 0 aromatic heterocycles. The summed E-state index contributed by atoms with van der Waals surface area (Å²) in [5.74, 6) is -0.282. The maximum Gasteiger partial charge on any atom is 0.256 e. The quantitative estimate of drug-likeness (QED) is 0.905. The number of rotatable bonds is 2. The Morgan fingerprint density at radius 2 is 1.95 bits per heavy atom. The molecule has 1 aromatic rings. The van der Waals surface area contributed by atoms with Crippen LogP contribution in [0.2, 0.25) is 0 Å². The highest BCUT2D eigenvalue weighted by Gasteiger charge is 2.19. The van der Waals surface area contributed by atoms with E-state index in [1.54, 1.807) is 26.2 Å². The zero-order valence-corrected chi connectivity index (χ0v) is 12.1. The molecule has 1 saturated heterocycles. The van der Waals surface area contributed by atoms with Gasteiger partial charge in [0, 0.05) is 14.1 Å². The Bertz CT molecular complexity index is 445. The minimum atomic E-state index is -0.439. The first-order chi connectivity index (χ1) is 8.59. The van der Waals surface area contributed by atoms with Crippen LogP contribution in [0.25, 0.3) is 0 Å². The molecule has 0 unspecified atom stereocenters. The van der Waals surface area contributed by atoms with Crippen LogP contribution in [0.5, 0.6) is 0 Å². The molecule has 1 aliphatic heterocycles. The first kappa shape index (κ1) is 15.9. The van der Waals surface area contributed by atoms with E-state index in [2.05, 4.69) is 5.32 Å². The predicted octanol–water partition coefficient (Wildman–Crippen LogP) is 2.42. The zero-order valence-electron chi connectivity index (χ0n) is 11.3. The molecule has 0 atom stereocenters. The molecule has 3 nitrogen and oxygen atoms in total. The van der Waals surface area contributed by atoms with Gasteiger partial charge in [0.05, 0.1) is 5.56 Å². The lowest BCUT2D eigenvalue weighted by Crippen LogP contribution is -2.27. The van der Waals surface area contributed by atoms with Gasteiger partial charge in [-0.3, -0.25) is 4.79 Å². The second-order valence-corrected chi connectivity index (χ2v) is 4.96. The van der Waals surface area contributed by atoms with Gasteiger partial charge in [0.2, 0.25) is 0 Å². The van der Waals surface area contributed by atoms with Crippen molar-refractivity contribution in [3.05, 3.63) is 35.1 Å². The average Bonchev–Trinajstić information content (AvgIpc) is 2.39. The van der Waals surface area contributed by atoms with E-state index in [1.165, 1.54) is 11.0 Å². The molecule has 1 aromatic carbocycles. The summed E-state index contributed by atoms with van der Waals surface area (Å²) in [4.78, 5) is 13.3. The van der Waals surface area contributed by atoms with Crippen LogP contribution in [0.15, 0.2) is 18.2 Å². The van der Waals surface area contributed by atoms with Crippen molar-refractivity contribution in [2.75, 3.05) is 27.2 Å². The van der Waals surface area contributed by atoms with Crippen molar-refractivity contribution in [1.29, 1.82) is 0 Å². The zero-order chi connectivity index (χ0) is 13.1. The van der Waals surface area contributed by atoms with Gasteiger partial charge in [-0.15, -0.1) is 12.4 Å². The number of halogens is 2. The molecule has 1 amide bonds. The third-order valence-corrected chi connectivity index (χ3v) is 3.44. The Labute approximate surface area is 119 Å². The molecule has 0 spiro atoms. The Balaban J connectivity index is 0.00000180. The van der Waals surface area contributed by atoms with E-state index >= 15 is 0 Å². The molecule has 0 radical (unpaired) electrons. The van der Waals surface area contributed by atoms with E-state index in [9.17, 15) is 9.18 Å². The van der Waals surface area contributed by atoms with Crippen molar-refractivity contribution in [3.8, 4) is 0 Å². The first-order valence-corrected chi connectivity index (χ1v) is 6.31. The molecule has 1 heterocycles. The van der Waals surface area contributed by atoms with Crippen LogP contribution in [0.1, 0.15) is 34.7 Å². The number of carbonyl (C=O) groups excluding carboxylic acids is 1. The number of hydrogen-bond donors (Lipinski definition) is 1. The van der Waals surface area contributed by atoms with Crippen LogP contribution in [-0.4, -0.2) is 38.0 Å². The van der Waals surface area contributed by atoms with Gasteiger partial charge < -0.3 is 10.2 Å². The fourth-order valence-electron chi connectivity index (χ4n) is 2.36. The lowest BCUT2D eigenvalue weighted by molar-refractivity contribution is 0.0823. The minimum Gasteiger partial charge on any atom is -0.345 e. The van der Waals surface area contributed by atoms with Gasteiger partial charge in [-0.1, -0.05) is 6.07 Å². The normalized spacial score (nSPS) is 15.7. The van der Waals surface area contributed by atoms with E-state index < -0.39 is 5.82 Å². The summed E-state index contributed by atoms with van der Waals surface area (Å²) < 4.78 is 13.7. The van der Waals surface area contributed by atoms with Crippen molar-refractivity contribution in [3.63, 3.8) is 0 Å². The smallest absolute Gasteiger partial charge is 0.256 e. The van der Waals surface area contributed by atoms with Gasteiger partial charge in [-0.25, -0.2) is 4.39 Å². The van der Waals surface area contributed by atoms with Crippen LogP contribution in [0, 0.1) is 5.82 Å². The highest BCUT2D eigenvalue weighted by Crippen LogP contribution is 2.26. The molecule has 0 aliphatic carbocycles. The van der Waals surface area contributed by atoms with Crippen molar-refractivity contribution < 1.29 is 9.18 Å². The summed E-state index contributed by atoms with van der Waals surface area (Å²) in [5, 5.41) is 3.30. The molecule has 1 fully saturated rings. The van der Waals surface area contributed by atoms with Crippen LogP contribution >= 0.6 is 12.4 Å². The molecule has 0 saturated carbocycles.